The number of para-hydroxylation sites is 1. The van der Waals surface area contributed by atoms with Crippen molar-refractivity contribution in [1.29, 1.82) is 0 Å². The van der Waals surface area contributed by atoms with Crippen LogP contribution in [0.3, 0.4) is 0 Å². The van der Waals surface area contributed by atoms with E-state index in [1.165, 1.54) is 4.68 Å². The van der Waals surface area contributed by atoms with Gasteiger partial charge in [0, 0.05) is 24.3 Å². The Hall–Kier alpha value is -2.95. The monoisotopic (exact) mass is 278 g/mol. The van der Waals surface area contributed by atoms with Crippen LogP contribution in [0.4, 0.5) is 5.69 Å². The molecule has 0 bridgehead atoms. The second kappa shape index (κ2) is 5.58. The van der Waals surface area contributed by atoms with Gasteiger partial charge in [-0.15, -0.1) is 0 Å². The molecule has 0 aliphatic rings. The van der Waals surface area contributed by atoms with Gasteiger partial charge in [-0.1, -0.05) is 18.2 Å². The lowest BCUT2D eigenvalue weighted by molar-refractivity contribution is 0.835. The van der Waals surface area contributed by atoms with E-state index < -0.39 is 0 Å². The van der Waals surface area contributed by atoms with Crippen LogP contribution < -0.4 is 5.56 Å². The van der Waals surface area contributed by atoms with Crippen molar-refractivity contribution in [3.05, 3.63) is 76.5 Å². The average molecular weight is 278 g/mol. The highest BCUT2D eigenvalue weighted by Crippen LogP contribution is 2.09. The van der Waals surface area contributed by atoms with Crippen molar-refractivity contribution < 1.29 is 0 Å². The topological polar surface area (TPSA) is 63.0 Å². The highest BCUT2D eigenvalue weighted by Gasteiger charge is 2.10. The molecule has 3 aromatic rings. The number of nitrogens with zero attached hydrogens (tertiary/aromatic N) is 3. The molecule has 5 nitrogen and oxygen atoms in total. The number of hydrogen-bond acceptors (Lipinski definition) is 3. The third-order valence-corrected chi connectivity index (χ3v) is 3.14. The number of hydrogen-bond donors (Lipinski definition) is 1. The molecule has 0 radical (unpaired) electrons. The minimum atomic E-state index is -0.114. The Bertz CT molecular complexity index is 816. The zero-order chi connectivity index (χ0) is 14.7. The zero-order valence-corrected chi connectivity index (χ0v) is 11.5. The first-order valence-electron chi connectivity index (χ1n) is 6.57. The van der Waals surface area contributed by atoms with E-state index >= 15 is 0 Å². The zero-order valence-electron chi connectivity index (χ0n) is 11.5. The minimum Gasteiger partial charge on any atom is -0.295 e. The van der Waals surface area contributed by atoms with Gasteiger partial charge in [0.1, 0.15) is 0 Å². The summed E-state index contributed by atoms with van der Waals surface area (Å²) in [6, 6.07) is 13.0. The first-order valence-corrected chi connectivity index (χ1v) is 6.57. The number of aliphatic imine (C=N–C) groups is 1. The Morgan fingerprint density at radius 1 is 1.14 bits per heavy atom. The van der Waals surface area contributed by atoms with Gasteiger partial charge in [-0.05, 0) is 31.2 Å². The summed E-state index contributed by atoms with van der Waals surface area (Å²) in [7, 11) is 0. The van der Waals surface area contributed by atoms with E-state index in [1.54, 1.807) is 30.7 Å². The molecule has 2 aromatic heterocycles. The Morgan fingerprint density at radius 3 is 2.57 bits per heavy atom. The van der Waals surface area contributed by atoms with Gasteiger partial charge in [0.2, 0.25) is 0 Å². The van der Waals surface area contributed by atoms with E-state index in [-0.39, 0.29) is 5.56 Å². The quantitative estimate of drug-likeness (QED) is 0.748. The Labute approximate surface area is 121 Å². The lowest BCUT2D eigenvalue weighted by Gasteiger charge is -1.99. The van der Waals surface area contributed by atoms with E-state index in [0.717, 1.165) is 17.1 Å². The fourth-order valence-corrected chi connectivity index (χ4v) is 2.04. The second-order valence-corrected chi connectivity index (χ2v) is 4.59. The number of rotatable bonds is 3. The second-order valence-electron chi connectivity index (χ2n) is 4.59. The van der Waals surface area contributed by atoms with Crippen molar-refractivity contribution >= 4 is 11.9 Å². The molecule has 0 aliphatic carbocycles. The van der Waals surface area contributed by atoms with Gasteiger partial charge >= 0.3 is 0 Å². The van der Waals surface area contributed by atoms with Crippen LogP contribution in [0.5, 0.6) is 0 Å². The molecule has 21 heavy (non-hydrogen) atoms. The van der Waals surface area contributed by atoms with Gasteiger partial charge in [0.25, 0.3) is 5.56 Å². The van der Waals surface area contributed by atoms with Crippen molar-refractivity contribution in [2.24, 2.45) is 4.99 Å². The predicted octanol–water partition coefficient (Wildman–Crippen LogP) is 2.62. The smallest absolute Gasteiger partial charge is 0.280 e. The molecule has 0 fully saturated rings. The maximum absolute atomic E-state index is 12.4. The summed E-state index contributed by atoms with van der Waals surface area (Å²) in [6.45, 7) is 1.86. The molecule has 1 aromatic carbocycles. The maximum Gasteiger partial charge on any atom is 0.280 e. The number of H-pyrrole nitrogens is 1. The van der Waals surface area contributed by atoms with E-state index in [1.807, 2.05) is 37.3 Å². The van der Waals surface area contributed by atoms with Crippen molar-refractivity contribution in [1.82, 2.24) is 14.8 Å². The molecule has 0 saturated carbocycles. The predicted molar refractivity (Wildman–Crippen MR) is 82.6 cm³/mol. The third kappa shape index (κ3) is 2.67. The van der Waals surface area contributed by atoms with E-state index in [4.69, 9.17) is 0 Å². The molecule has 2 heterocycles. The van der Waals surface area contributed by atoms with Crippen LogP contribution in [0.2, 0.25) is 0 Å². The van der Waals surface area contributed by atoms with Crippen molar-refractivity contribution in [3.63, 3.8) is 0 Å². The van der Waals surface area contributed by atoms with Crippen molar-refractivity contribution in [2.45, 2.75) is 6.92 Å². The minimum absolute atomic E-state index is 0.114. The molecule has 0 atom stereocenters. The van der Waals surface area contributed by atoms with Gasteiger partial charge in [-0.25, -0.2) is 4.68 Å². The summed E-state index contributed by atoms with van der Waals surface area (Å²) in [5.74, 6) is 0. The van der Waals surface area contributed by atoms with Crippen LogP contribution >= 0.6 is 0 Å². The number of benzene rings is 1. The first-order chi connectivity index (χ1) is 10.3. The molecule has 0 spiro atoms. The van der Waals surface area contributed by atoms with E-state index in [0.29, 0.717) is 5.56 Å². The Morgan fingerprint density at radius 2 is 1.86 bits per heavy atom. The SMILES string of the molecule is Cc1[nH]n(-c2ccccc2)c(=O)c1C=Nc1ccncc1. The lowest BCUT2D eigenvalue weighted by atomic mass is 10.3. The Balaban J connectivity index is 2.00. The maximum atomic E-state index is 12.4. The standard InChI is InChI=1S/C16H14N4O/c1-12-15(11-18-13-7-9-17-10-8-13)16(21)20(19-12)14-5-3-2-4-6-14/h2-11,19H,1H3. The van der Waals surface area contributed by atoms with E-state index in [2.05, 4.69) is 15.1 Å². The molecule has 0 saturated heterocycles. The summed E-state index contributed by atoms with van der Waals surface area (Å²) in [6.07, 6.45) is 4.92. The number of nitrogens with one attached hydrogen (secondary N) is 1. The average Bonchev–Trinajstić information content (AvgIpc) is 2.82. The summed E-state index contributed by atoms with van der Waals surface area (Å²) in [5, 5.41) is 3.07. The molecule has 0 amide bonds. The molecular formula is C16H14N4O. The van der Waals surface area contributed by atoms with Gasteiger partial charge in [0.05, 0.1) is 16.9 Å². The summed E-state index contributed by atoms with van der Waals surface area (Å²) >= 11 is 0. The van der Waals surface area contributed by atoms with E-state index in [9.17, 15) is 4.79 Å². The summed E-state index contributed by atoms with van der Waals surface area (Å²) < 4.78 is 1.52. The Kier molecular flexibility index (Phi) is 3.47. The van der Waals surface area contributed by atoms with Crippen LogP contribution in [0.25, 0.3) is 5.69 Å². The number of aryl methyl sites for hydroxylation is 1. The van der Waals surface area contributed by atoms with Crippen molar-refractivity contribution in [2.75, 3.05) is 0 Å². The number of pyridine rings is 1. The highest BCUT2D eigenvalue weighted by atomic mass is 16.1. The largest absolute Gasteiger partial charge is 0.295 e. The van der Waals surface area contributed by atoms with Crippen LogP contribution in [0.15, 0.2) is 64.6 Å². The normalized spacial score (nSPS) is 11.1. The molecule has 0 aliphatic heterocycles. The van der Waals surface area contributed by atoms with Gasteiger partial charge in [-0.2, -0.15) is 0 Å². The van der Waals surface area contributed by atoms with Gasteiger partial charge < -0.3 is 0 Å². The molecule has 0 unspecified atom stereocenters. The molecule has 3 rings (SSSR count). The van der Waals surface area contributed by atoms with Crippen LogP contribution in [0, 0.1) is 6.92 Å². The van der Waals surface area contributed by atoms with Gasteiger partial charge in [-0.3, -0.25) is 19.9 Å². The third-order valence-electron chi connectivity index (χ3n) is 3.14. The fraction of sp³-hybridized carbons (Fsp3) is 0.0625. The molecule has 5 heteroatoms. The highest BCUT2D eigenvalue weighted by molar-refractivity contribution is 5.82. The fourth-order valence-electron chi connectivity index (χ4n) is 2.04. The number of aromatic nitrogens is 3. The number of aromatic amines is 1. The van der Waals surface area contributed by atoms with Crippen molar-refractivity contribution in [3.8, 4) is 5.69 Å². The summed E-state index contributed by atoms with van der Waals surface area (Å²) in [4.78, 5) is 20.7. The van der Waals surface area contributed by atoms with Crippen LogP contribution in [-0.2, 0) is 0 Å². The molecule has 104 valence electrons. The molecular weight excluding hydrogens is 264 g/mol. The van der Waals surface area contributed by atoms with Crippen LogP contribution in [0.1, 0.15) is 11.3 Å². The van der Waals surface area contributed by atoms with Crippen LogP contribution in [-0.4, -0.2) is 21.0 Å². The summed E-state index contributed by atoms with van der Waals surface area (Å²) in [5.41, 5.74) is 2.78. The lowest BCUT2D eigenvalue weighted by Crippen LogP contribution is -2.17. The first kappa shape index (κ1) is 13.1. The van der Waals surface area contributed by atoms with Gasteiger partial charge in [0.15, 0.2) is 0 Å². The molecule has 1 N–H and O–H groups in total.